The van der Waals surface area contributed by atoms with Crippen molar-refractivity contribution < 1.29 is 9.47 Å². The average Bonchev–Trinajstić information content (AvgIpc) is 2.23. The fourth-order valence-corrected chi connectivity index (χ4v) is 1.84. The Morgan fingerprint density at radius 2 is 1.61 bits per heavy atom. The Balaban J connectivity index is 3.08. The zero-order valence-electron chi connectivity index (χ0n) is 11.7. The van der Waals surface area contributed by atoms with Gasteiger partial charge in [-0.05, 0) is 40.8 Å². The van der Waals surface area contributed by atoms with Crippen LogP contribution >= 0.6 is 11.6 Å². The molecule has 0 radical (unpaired) electrons. The SMILES string of the molecule is CNCc1cc(Cl)c(OC(C)C)cc1OC(C)C. The number of halogens is 1. The summed E-state index contributed by atoms with van der Waals surface area (Å²) in [5, 5.41) is 3.72. The largest absolute Gasteiger partial charge is 0.491 e. The highest BCUT2D eigenvalue weighted by atomic mass is 35.5. The van der Waals surface area contributed by atoms with Crippen molar-refractivity contribution in [2.24, 2.45) is 0 Å². The van der Waals surface area contributed by atoms with Crippen molar-refractivity contribution >= 4 is 11.6 Å². The van der Waals surface area contributed by atoms with Crippen LogP contribution < -0.4 is 14.8 Å². The van der Waals surface area contributed by atoms with Gasteiger partial charge in [0.1, 0.15) is 11.5 Å². The molecule has 0 heterocycles. The molecule has 1 N–H and O–H groups in total. The first-order valence-corrected chi connectivity index (χ1v) is 6.62. The summed E-state index contributed by atoms with van der Waals surface area (Å²) in [6.07, 6.45) is 0.207. The highest BCUT2D eigenvalue weighted by Crippen LogP contribution is 2.34. The molecule has 0 atom stereocenters. The van der Waals surface area contributed by atoms with Gasteiger partial charge in [-0.1, -0.05) is 11.6 Å². The average molecular weight is 272 g/mol. The number of hydrogen-bond donors (Lipinski definition) is 1. The lowest BCUT2D eigenvalue weighted by Crippen LogP contribution is -2.13. The Kier molecular flexibility index (Phi) is 5.76. The van der Waals surface area contributed by atoms with E-state index in [1.54, 1.807) is 0 Å². The van der Waals surface area contributed by atoms with Crippen LogP contribution in [0.5, 0.6) is 11.5 Å². The molecule has 1 aromatic rings. The van der Waals surface area contributed by atoms with Crippen LogP contribution in [0.2, 0.25) is 5.02 Å². The molecule has 102 valence electrons. The van der Waals surface area contributed by atoms with Crippen LogP contribution in [0.1, 0.15) is 33.3 Å². The summed E-state index contributed by atoms with van der Waals surface area (Å²) in [6, 6.07) is 3.77. The zero-order chi connectivity index (χ0) is 13.7. The van der Waals surface area contributed by atoms with Crippen molar-refractivity contribution in [3.05, 3.63) is 22.7 Å². The molecule has 0 saturated heterocycles. The highest BCUT2D eigenvalue weighted by Gasteiger charge is 2.12. The van der Waals surface area contributed by atoms with Crippen LogP contribution in [0.25, 0.3) is 0 Å². The molecule has 1 aromatic carbocycles. The van der Waals surface area contributed by atoms with Gasteiger partial charge < -0.3 is 14.8 Å². The molecule has 0 saturated carbocycles. The van der Waals surface area contributed by atoms with Gasteiger partial charge in [0.2, 0.25) is 0 Å². The standard InChI is InChI=1S/C14H22ClNO2/c1-9(2)17-13-7-14(18-10(3)4)12(15)6-11(13)8-16-5/h6-7,9-10,16H,8H2,1-5H3. The first kappa shape index (κ1) is 15.1. The monoisotopic (exact) mass is 271 g/mol. The van der Waals surface area contributed by atoms with Crippen LogP contribution in [0.15, 0.2) is 12.1 Å². The minimum Gasteiger partial charge on any atom is -0.491 e. The van der Waals surface area contributed by atoms with E-state index in [1.165, 1.54) is 0 Å². The minimum absolute atomic E-state index is 0.0875. The van der Waals surface area contributed by atoms with Crippen LogP contribution in [-0.4, -0.2) is 19.3 Å². The van der Waals surface area contributed by atoms with Crippen molar-refractivity contribution in [1.82, 2.24) is 5.32 Å². The number of hydrogen-bond acceptors (Lipinski definition) is 3. The predicted molar refractivity (Wildman–Crippen MR) is 75.7 cm³/mol. The first-order valence-electron chi connectivity index (χ1n) is 6.24. The van der Waals surface area contributed by atoms with E-state index in [1.807, 2.05) is 46.9 Å². The van der Waals surface area contributed by atoms with Gasteiger partial charge in [0.05, 0.1) is 17.2 Å². The summed E-state index contributed by atoms with van der Waals surface area (Å²) in [4.78, 5) is 0. The predicted octanol–water partition coefficient (Wildman–Crippen LogP) is 3.63. The Bertz CT molecular complexity index is 392. The summed E-state index contributed by atoms with van der Waals surface area (Å²) in [5.74, 6) is 1.49. The molecule has 0 fully saturated rings. The Hall–Kier alpha value is -0.930. The third kappa shape index (κ3) is 4.39. The van der Waals surface area contributed by atoms with Gasteiger partial charge in [0.15, 0.2) is 0 Å². The zero-order valence-corrected chi connectivity index (χ0v) is 12.5. The molecule has 0 spiro atoms. The molecule has 3 nitrogen and oxygen atoms in total. The summed E-state index contributed by atoms with van der Waals surface area (Å²) in [5.41, 5.74) is 1.03. The van der Waals surface area contributed by atoms with Gasteiger partial charge in [0.25, 0.3) is 0 Å². The lowest BCUT2D eigenvalue weighted by atomic mass is 10.2. The van der Waals surface area contributed by atoms with Gasteiger partial charge in [-0.3, -0.25) is 0 Å². The second-order valence-corrected chi connectivity index (χ2v) is 5.16. The molecule has 4 heteroatoms. The quantitative estimate of drug-likeness (QED) is 0.857. The van der Waals surface area contributed by atoms with E-state index in [9.17, 15) is 0 Å². The maximum atomic E-state index is 6.21. The summed E-state index contributed by atoms with van der Waals surface area (Å²) in [6.45, 7) is 8.66. The van der Waals surface area contributed by atoms with E-state index >= 15 is 0 Å². The second-order valence-electron chi connectivity index (χ2n) is 4.75. The number of nitrogens with one attached hydrogen (secondary N) is 1. The van der Waals surface area contributed by atoms with Gasteiger partial charge in [0, 0.05) is 18.2 Å². The number of benzene rings is 1. The maximum absolute atomic E-state index is 6.21. The van der Waals surface area contributed by atoms with Crippen molar-refractivity contribution in [3.8, 4) is 11.5 Å². The molecule has 0 aliphatic carbocycles. The second kappa shape index (κ2) is 6.86. The smallest absolute Gasteiger partial charge is 0.141 e. The molecule has 0 aliphatic heterocycles. The minimum atomic E-state index is 0.0875. The van der Waals surface area contributed by atoms with Crippen LogP contribution in [0, 0.1) is 0 Å². The van der Waals surface area contributed by atoms with E-state index in [4.69, 9.17) is 21.1 Å². The fourth-order valence-electron chi connectivity index (χ4n) is 1.61. The summed E-state index contributed by atoms with van der Waals surface area (Å²) >= 11 is 6.21. The van der Waals surface area contributed by atoms with E-state index in [0.717, 1.165) is 11.3 Å². The summed E-state index contributed by atoms with van der Waals surface area (Å²) in [7, 11) is 1.89. The van der Waals surface area contributed by atoms with E-state index in [-0.39, 0.29) is 12.2 Å². The Morgan fingerprint density at radius 1 is 1.06 bits per heavy atom. The third-order valence-corrected chi connectivity index (χ3v) is 2.50. The van der Waals surface area contributed by atoms with Crippen LogP contribution in [0.4, 0.5) is 0 Å². The van der Waals surface area contributed by atoms with E-state index < -0.39 is 0 Å². The van der Waals surface area contributed by atoms with Crippen molar-refractivity contribution in [1.29, 1.82) is 0 Å². The molecule has 0 aliphatic rings. The maximum Gasteiger partial charge on any atom is 0.141 e. The van der Waals surface area contributed by atoms with Gasteiger partial charge in [-0.2, -0.15) is 0 Å². The van der Waals surface area contributed by atoms with Crippen molar-refractivity contribution in [3.63, 3.8) is 0 Å². The Labute approximate surface area is 114 Å². The normalized spacial score (nSPS) is 11.1. The van der Waals surface area contributed by atoms with E-state index in [0.29, 0.717) is 17.3 Å². The molecule has 18 heavy (non-hydrogen) atoms. The first-order chi connectivity index (χ1) is 8.43. The lowest BCUT2D eigenvalue weighted by Gasteiger charge is -2.18. The molecular weight excluding hydrogens is 250 g/mol. The van der Waals surface area contributed by atoms with Crippen LogP contribution in [-0.2, 0) is 6.54 Å². The highest BCUT2D eigenvalue weighted by molar-refractivity contribution is 6.32. The molecule has 0 aromatic heterocycles. The molecule has 0 bridgehead atoms. The molecule has 0 amide bonds. The van der Waals surface area contributed by atoms with Crippen molar-refractivity contribution in [2.45, 2.75) is 46.4 Å². The summed E-state index contributed by atoms with van der Waals surface area (Å²) < 4.78 is 11.5. The Morgan fingerprint density at radius 3 is 2.11 bits per heavy atom. The number of rotatable bonds is 6. The van der Waals surface area contributed by atoms with Gasteiger partial charge >= 0.3 is 0 Å². The van der Waals surface area contributed by atoms with Gasteiger partial charge in [-0.25, -0.2) is 0 Å². The van der Waals surface area contributed by atoms with Crippen LogP contribution in [0.3, 0.4) is 0 Å². The van der Waals surface area contributed by atoms with Crippen molar-refractivity contribution in [2.75, 3.05) is 7.05 Å². The van der Waals surface area contributed by atoms with E-state index in [2.05, 4.69) is 5.32 Å². The van der Waals surface area contributed by atoms with Gasteiger partial charge in [-0.15, -0.1) is 0 Å². The molecule has 0 unspecified atom stereocenters. The fraction of sp³-hybridized carbons (Fsp3) is 0.571. The lowest BCUT2D eigenvalue weighted by molar-refractivity contribution is 0.227. The molecule has 1 rings (SSSR count). The number of ether oxygens (including phenoxy) is 2. The third-order valence-electron chi connectivity index (χ3n) is 2.21. The topological polar surface area (TPSA) is 30.5 Å². The molecular formula is C14H22ClNO2.